The highest BCUT2D eigenvalue weighted by Gasteiger charge is 2.41. The number of likely N-dealkylation sites (tertiary alicyclic amines) is 1. The lowest BCUT2D eigenvalue weighted by atomic mass is 9.83. The first-order chi connectivity index (χ1) is 17.0. The highest BCUT2D eigenvalue weighted by Crippen LogP contribution is 2.40. The summed E-state index contributed by atoms with van der Waals surface area (Å²) in [7, 11) is 1.59. The molecule has 6 nitrogen and oxygen atoms in total. The maximum atomic E-state index is 13.7. The van der Waals surface area contributed by atoms with Gasteiger partial charge in [-0.3, -0.25) is 9.59 Å². The van der Waals surface area contributed by atoms with Crippen LogP contribution in [0.15, 0.2) is 48.5 Å². The molecule has 4 rings (SSSR count). The number of hydrogen-bond acceptors (Lipinski definition) is 4. The summed E-state index contributed by atoms with van der Waals surface area (Å²) in [6.07, 6.45) is 4.12. The van der Waals surface area contributed by atoms with Gasteiger partial charge in [-0.15, -0.1) is 0 Å². The topological polar surface area (TPSA) is 61.9 Å². The summed E-state index contributed by atoms with van der Waals surface area (Å²) >= 11 is 0. The predicted octanol–water partition coefficient (Wildman–Crippen LogP) is 4.56. The van der Waals surface area contributed by atoms with E-state index in [0.29, 0.717) is 24.4 Å². The molecule has 0 unspecified atom stereocenters. The van der Waals surface area contributed by atoms with Gasteiger partial charge in [0.05, 0.1) is 19.1 Å². The minimum absolute atomic E-state index is 0.0483. The molecule has 0 saturated carbocycles. The molecule has 2 saturated heterocycles. The maximum absolute atomic E-state index is 13.7. The average Bonchev–Trinajstić information content (AvgIpc) is 2.88. The molecule has 7 heteroatoms. The monoisotopic (exact) mass is 481 g/mol. The third-order valence-electron chi connectivity index (χ3n) is 7.32. The first-order valence-corrected chi connectivity index (χ1v) is 12.7. The Balaban J connectivity index is 1.48. The molecule has 1 N–H and O–H groups in total. The van der Waals surface area contributed by atoms with E-state index in [1.54, 1.807) is 36.3 Å². The van der Waals surface area contributed by atoms with Gasteiger partial charge in [-0.25, -0.2) is 4.39 Å². The zero-order chi connectivity index (χ0) is 24.8. The van der Waals surface area contributed by atoms with Gasteiger partial charge < -0.3 is 19.9 Å². The molecule has 2 aliphatic rings. The number of carbonyl (C=O) groups is 2. The van der Waals surface area contributed by atoms with Crippen LogP contribution in [-0.2, 0) is 9.59 Å². The Bertz CT molecular complexity index is 988. The lowest BCUT2D eigenvalue weighted by Gasteiger charge is -2.41. The Hall–Kier alpha value is -2.93. The first-order valence-electron chi connectivity index (χ1n) is 12.7. The third kappa shape index (κ3) is 6.20. The Morgan fingerprint density at radius 2 is 1.74 bits per heavy atom. The van der Waals surface area contributed by atoms with Crippen molar-refractivity contribution in [1.82, 2.24) is 10.2 Å². The van der Waals surface area contributed by atoms with Crippen LogP contribution in [0.3, 0.4) is 0 Å². The molecule has 0 spiro atoms. The summed E-state index contributed by atoms with van der Waals surface area (Å²) in [6, 6.07) is 12.9. The van der Waals surface area contributed by atoms with Gasteiger partial charge in [0.15, 0.2) is 0 Å². The predicted molar refractivity (Wildman–Crippen MR) is 135 cm³/mol. The van der Waals surface area contributed by atoms with Gasteiger partial charge in [0.1, 0.15) is 11.6 Å². The molecule has 2 fully saturated rings. The number of piperidine rings is 2. The Morgan fingerprint density at radius 1 is 1.06 bits per heavy atom. The summed E-state index contributed by atoms with van der Waals surface area (Å²) in [5, 5.41) is 3.12. The molecule has 2 aliphatic heterocycles. The van der Waals surface area contributed by atoms with E-state index in [0.717, 1.165) is 37.5 Å². The summed E-state index contributed by atoms with van der Waals surface area (Å²) < 4.78 is 19.0. The van der Waals surface area contributed by atoms with Crippen LogP contribution in [0, 0.1) is 17.7 Å². The standard InChI is InChI=1S/C28H36FN3O3/c1-20-14-18-31(19-15-20)17-3-16-30-28(34)25-12-13-26(33)32(23-8-10-24(35-2)11-9-23)27(25)21-4-6-22(29)7-5-21/h4-11,20,25,27H,3,12-19H2,1-2H3,(H,30,34)/t25-,27-/m1/s1. The maximum Gasteiger partial charge on any atom is 0.227 e. The fourth-order valence-corrected chi connectivity index (χ4v) is 5.19. The number of hydrogen-bond donors (Lipinski definition) is 1. The van der Waals surface area contributed by atoms with Crippen molar-refractivity contribution in [3.05, 3.63) is 59.9 Å². The summed E-state index contributed by atoms with van der Waals surface area (Å²) in [4.78, 5) is 30.6. The fraction of sp³-hybridized carbons (Fsp3) is 0.500. The minimum Gasteiger partial charge on any atom is -0.497 e. The highest BCUT2D eigenvalue weighted by molar-refractivity contribution is 5.97. The Morgan fingerprint density at radius 3 is 2.40 bits per heavy atom. The Kier molecular flexibility index (Phi) is 8.39. The van der Waals surface area contributed by atoms with E-state index in [1.165, 1.54) is 25.0 Å². The van der Waals surface area contributed by atoms with E-state index in [4.69, 9.17) is 4.74 Å². The molecule has 2 aromatic rings. The van der Waals surface area contributed by atoms with Crippen LogP contribution in [0.2, 0.25) is 0 Å². The number of ether oxygens (including phenoxy) is 1. The number of nitrogens with one attached hydrogen (secondary N) is 1. The van der Waals surface area contributed by atoms with Gasteiger partial charge in [0.2, 0.25) is 11.8 Å². The molecular formula is C28H36FN3O3. The molecule has 188 valence electrons. The number of benzene rings is 2. The Labute approximate surface area is 207 Å². The fourth-order valence-electron chi connectivity index (χ4n) is 5.19. The molecule has 2 aromatic carbocycles. The van der Waals surface area contributed by atoms with E-state index >= 15 is 0 Å². The molecule has 0 radical (unpaired) electrons. The van der Waals surface area contributed by atoms with Crippen molar-refractivity contribution < 1.29 is 18.7 Å². The molecule has 2 atom stereocenters. The van der Waals surface area contributed by atoms with Crippen molar-refractivity contribution in [2.75, 3.05) is 38.2 Å². The van der Waals surface area contributed by atoms with Gasteiger partial charge in [-0.2, -0.15) is 0 Å². The molecule has 0 aromatic heterocycles. The number of anilines is 1. The first kappa shape index (κ1) is 25.2. The average molecular weight is 482 g/mol. The number of halogens is 1. The zero-order valence-corrected chi connectivity index (χ0v) is 20.7. The normalized spacial score (nSPS) is 21.7. The number of amides is 2. The van der Waals surface area contributed by atoms with Crippen LogP contribution < -0.4 is 15.0 Å². The van der Waals surface area contributed by atoms with Crippen molar-refractivity contribution in [2.24, 2.45) is 11.8 Å². The van der Waals surface area contributed by atoms with Gasteiger partial charge in [-0.1, -0.05) is 19.1 Å². The van der Waals surface area contributed by atoms with Crippen LogP contribution in [-0.4, -0.2) is 50.0 Å². The molecular weight excluding hydrogens is 445 g/mol. The van der Waals surface area contributed by atoms with Crippen LogP contribution in [0.5, 0.6) is 5.75 Å². The number of carbonyl (C=O) groups excluding carboxylic acids is 2. The lowest BCUT2D eigenvalue weighted by molar-refractivity contribution is -0.129. The molecule has 2 heterocycles. The zero-order valence-electron chi connectivity index (χ0n) is 20.7. The second-order valence-corrected chi connectivity index (χ2v) is 9.77. The van der Waals surface area contributed by atoms with Crippen molar-refractivity contribution >= 4 is 17.5 Å². The highest BCUT2D eigenvalue weighted by atomic mass is 19.1. The van der Waals surface area contributed by atoms with Crippen LogP contribution >= 0.6 is 0 Å². The number of rotatable bonds is 8. The second-order valence-electron chi connectivity index (χ2n) is 9.77. The van der Waals surface area contributed by atoms with Crippen molar-refractivity contribution in [2.45, 2.75) is 45.1 Å². The quantitative estimate of drug-likeness (QED) is 0.562. The van der Waals surface area contributed by atoms with Crippen LogP contribution in [0.25, 0.3) is 0 Å². The summed E-state index contributed by atoms with van der Waals surface area (Å²) in [6.45, 7) is 6.15. The van der Waals surface area contributed by atoms with E-state index in [9.17, 15) is 14.0 Å². The summed E-state index contributed by atoms with van der Waals surface area (Å²) in [5.41, 5.74) is 1.44. The molecule has 35 heavy (non-hydrogen) atoms. The van der Waals surface area contributed by atoms with Gasteiger partial charge >= 0.3 is 0 Å². The number of nitrogens with zero attached hydrogens (tertiary/aromatic N) is 2. The van der Waals surface area contributed by atoms with Crippen molar-refractivity contribution in [1.29, 1.82) is 0 Å². The van der Waals surface area contributed by atoms with Crippen molar-refractivity contribution in [3.63, 3.8) is 0 Å². The van der Waals surface area contributed by atoms with Gasteiger partial charge in [0.25, 0.3) is 0 Å². The molecule has 2 amide bonds. The van der Waals surface area contributed by atoms with E-state index in [1.807, 2.05) is 12.1 Å². The van der Waals surface area contributed by atoms with E-state index in [2.05, 4.69) is 17.1 Å². The third-order valence-corrected chi connectivity index (χ3v) is 7.32. The smallest absolute Gasteiger partial charge is 0.227 e. The van der Waals surface area contributed by atoms with Gasteiger partial charge in [0, 0.05) is 18.7 Å². The molecule has 0 bridgehead atoms. The van der Waals surface area contributed by atoms with Crippen molar-refractivity contribution in [3.8, 4) is 5.75 Å². The van der Waals surface area contributed by atoms with E-state index < -0.39 is 12.0 Å². The second kappa shape index (κ2) is 11.7. The van der Waals surface area contributed by atoms with Crippen LogP contribution in [0.4, 0.5) is 10.1 Å². The van der Waals surface area contributed by atoms with Gasteiger partial charge in [-0.05, 0) is 93.2 Å². The minimum atomic E-state index is -0.506. The molecule has 0 aliphatic carbocycles. The van der Waals surface area contributed by atoms with E-state index in [-0.39, 0.29) is 24.1 Å². The SMILES string of the molecule is COc1ccc(N2C(=O)CC[C@@H](C(=O)NCCCN3CCC(C)CC3)[C@H]2c2ccc(F)cc2)cc1. The number of methoxy groups -OCH3 is 1. The lowest BCUT2D eigenvalue weighted by Crippen LogP contribution is -2.48. The van der Waals surface area contributed by atoms with Crippen LogP contribution in [0.1, 0.15) is 50.6 Å². The summed E-state index contributed by atoms with van der Waals surface area (Å²) in [5.74, 6) is 0.618. The largest absolute Gasteiger partial charge is 0.497 e.